The van der Waals surface area contributed by atoms with Crippen LogP contribution in [0.2, 0.25) is 0 Å². The number of nitrogens with zero attached hydrogens (tertiary/aromatic N) is 1. The van der Waals surface area contributed by atoms with Gasteiger partial charge in [0.15, 0.2) is 0 Å². The van der Waals surface area contributed by atoms with Gasteiger partial charge in [-0.25, -0.2) is 0 Å². The molecule has 1 atom stereocenters. The number of nitrogens with one attached hydrogen (secondary N) is 1. The van der Waals surface area contributed by atoms with Crippen molar-refractivity contribution in [3.8, 4) is 0 Å². The first kappa shape index (κ1) is 13.9. The molecular formula is C9H18N2O4. The molecule has 1 unspecified atom stereocenters. The van der Waals surface area contributed by atoms with E-state index in [2.05, 4.69) is 5.32 Å². The molecule has 0 aliphatic heterocycles. The van der Waals surface area contributed by atoms with Gasteiger partial charge in [-0.1, -0.05) is 6.92 Å². The van der Waals surface area contributed by atoms with E-state index in [-0.39, 0.29) is 25.6 Å². The highest BCUT2D eigenvalue weighted by molar-refractivity contribution is 5.77. The molecule has 0 bridgehead atoms. The second-order valence-corrected chi connectivity index (χ2v) is 3.37. The summed E-state index contributed by atoms with van der Waals surface area (Å²) in [6, 6.07) is 0. The van der Waals surface area contributed by atoms with Crippen LogP contribution in [0.3, 0.4) is 0 Å². The van der Waals surface area contributed by atoms with Crippen molar-refractivity contribution in [1.82, 2.24) is 10.2 Å². The third-order valence-corrected chi connectivity index (χ3v) is 2.02. The molecule has 0 aromatic heterocycles. The van der Waals surface area contributed by atoms with Crippen molar-refractivity contribution in [3.05, 3.63) is 0 Å². The van der Waals surface area contributed by atoms with Gasteiger partial charge in [0.05, 0.1) is 19.1 Å². The Labute approximate surface area is 88.9 Å². The highest BCUT2D eigenvalue weighted by Gasteiger charge is 2.17. The van der Waals surface area contributed by atoms with Crippen LogP contribution in [0.4, 0.5) is 0 Å². The predicted molar refractivity (Wildman–Crippen MR) is 54.4 cm³/mol. The number of aliphatic hydroxyl groups excluding tert-OH is 1. The largest absolute Gasteiger partial charge is 0.481 e. The van der Waals surface area contributed by atoms with Gasteiger partial charge < -0.3 is 15.5 Å². The van der Waals surface area contributed by atoms with E-state index in [0.29, 0.717) is 6.54 Å². The van der Waals surface area contributed by atoms with Gasteiger partial charge in [-0.05, 0) is 0 Å². The Morgan fingerprint density at radius 2 is 2.07 bits per heavy atom. The fourth-order valence-electron chi connectivity index (χ4n) is 1.12. The molecule has 0 aromatic carbocycles. The van der Waals surface area contributed by atoms with Gasteiger partial charge in [0.25, 0.3) is 0 Å². The minimum Gasteiger partial charge on any atom is -0.481 e. The Morgan fingerprint density at radius 1 is 1.47 bits per heavy atom. The molecule has 0 rings (SSSR count). The number of carboxylic acid groups (broad SMARTS) is 1. The van der Waals surface area contributed by atoms with Crippen molar-refractivity contribution in [1.29, 1.82) is 0 Å². The lowest BCUT2D eigenvalue weighted by Crippen LogP contribution is -2.40. The summed E-state index contributed by atoms with van der Waals surface area (Å²) in [4.78, 5) is 23.3. The molecule has 0 fully saturated rings. The van der Waals surface area contributed by atoms with E-state index in [1.165, 1.54) is 7.05 Å². The van der Waals surface area contributed by atoms with Crippen molar-refractivity contribution >= 4 is 11.9 Å². The number of carboxylic acids is 1. The van der Waals surface area contributed by atoms with Crippen LogP contribution in [0.25, 0.3) is 0 Å². The first-order chi connectivity index (χ1) is 7.01. The van der Waals surface area contributed by atoms with Crippen LogP contribution in [-0.4, -0.2) is 60.3 Å². The third kappa shape index (κ3) is 6.03. The second-order valence-electron chi connectivity index (χ2n) is 3.37. The molecule has 0 saturated heterocycles. The Kier molecular flexibility index (Phi) is 6.64. The summed E-state index contributed by atoms with van der Waals surface area (Å²) in [6.45, 7) is 2.13. The van der Waals surface area contributed by atoms with E-state index in [1.54, 1.807) is 11.8 Å². The lowest BCUT2D eigenvalue weighted by Gasteiger charge is -2.22. The van der Waals surface area contributed by atoms with Gasteiger partial charge in [0, 0.05) is 20.1 Å². The lowest BCUT2D eigenvalue weighted by atomic mass is 10.1. The van der Waals surface area contributed by atoms with Gasteiger partial charge in [-0.3, -0.25) is 14.5 Å². The molecule has 15 heavy (non-hydrogen) atoms. The molecule has 1 amide bonds. The molecule has 0 aliphatic carbocycles. The Bertz CT molecular complexity index is 220. The Balaban J connectivity index is 4.14. The molecule has 0 radical (unpaired) electrons. The topological polar surface area (TPSA) is 89.9 Å². The summed E-state index contributed by atoms with van der Waals surface area (Å²) in [5.41, 5.74) is 0. The van der Waals surface area contributed by atoms with Crippen molar-refractivity contribution in [2.45, 2.75) is 6.92 Å². The van der Waals surface area contributed by atoms with Crippen LogP contribution in [0, 0.1) is 5.92 Å². The highest BCUT2D eigenvalue weighted by Crippen LogP contribution is 1.99. The monoisotopic (exact) mass is 218 g/mol. The summed E-state index contributed by atoms with van der Waals surface area (Å²) >= 11 is 0. The minimum absolute atomic E-state index is 0.0939. The fraction of sp³-hybridized carbons (Fsp3) is 0.778. The smallest absolute Gasteiger partial charge is 0.307 e. The molecule has 0 aromatic rings. The second kappa shape index (κ2) is 7.19. The van der Waals surface area contributed by atoms with Crippen LogP contribution < -0.4 is 5.32 Å². The van der Waals surface area contributed by atoms with Crippen molar-refractivity contribution in [2.75, 3.05) is 33.3 Å². The van der Waals surface area contributed by atoms with Crippen LogP contribution in [0.1, 0.15) is 6.92 Å². The number of amides is 1. The number of hydrogen-bond donors (Lipinski definition) is 3. The zero-order valence-electron chi connectivity index (χ0n) is 9.06. The molecule has 0 heterocycles. The van der Waals surface area contributed by atoms with E-state index in [4.69, 9.17) is 10.2 Å². The number of hydrogen-bond acceptors (Lipinski definition) is 4. The molecule has 0 aliphatic rings. The van der Waals surface area contributed by atoms with Crippen molar-refractivity contribution in [2.24, 2.45) is 5.92 Å². The molecular weight excluding hydrogens is 200 g/mol. The fourth-order valence-corrected chi connectivity index (χ4v) is 1.12. The Hall–Kier alpha value is -1.14. The normalized spacial score (nSPS) is 12.5. The zero-order valence-corrected chi connectivity index (χ0v) is 9.06. The summed E-state index contributed by atoms with van der Waals surface area (Å²) in [5.74, 6) is -1.66. The Morgan fingerprint density at radius 3 is 2.47 bits per heavy atom. The first-order valence-corrected chi connectivity index (χ1v) is 4.77. The van der Waals surface area contributed by atoms with E-state index >= 15 is 0 Å². The van der Waals surface area contributed by atoms with Gasteiger partial charge in [-0.2, -0.15) is 0 Å². The molecule has 6 nitrogen and oxygen atoms in total. The standard InChI is InChI=1S/C9H18N2O4/c1-7(9(14)15)5-11(3-4-12)6-8(13)10-2/h7,12H,3-6H2,1-2H3,(H,10,13)(H,14,15). The van der Waals surface area contributed by atoms with Crippen LogP contribution in [0.5, 0.6) is 0 Å². The van der Waals surface area contributed by atoms with Gasteiger partial charge in [0.2, 0.25) is 5.91 Å². The zero-order chi connectivity index (χ0) is 11.8. The number of carbonyl (C=O) groups is 2. The average molecular weight is 218 g/mol. The van der Waals surface area contributed by atoms with Gasteiger partial charge in [-0.15, -0.1) is 0 Å². The van der Waals surface area contributed by atoms with Crippen molar-refractivity contribution < 1.29 is 19.8 Å². The van der Waals surface area contributed by atoms with Crippen LogP contribution in [-0.2, 0) is 9.59 Å². The maximum absolute atomic E-state index is 11.1. The average Bonchev–Trinajstić information content (AvgIpc) is 2.17. The summed E-state index contributed by atoms with van der Waals surface area (Å²) in [6.07, 6.45) is 0. The lowest BCUT2D eigenvalue weighted by molar-refractivity contribution is -0.142. The summed E-state index contributed by atoms with van der Waals surface area (Å²) in [7, 11) is 1.51. The quantitative estimate of drug-likeness (QED) is 0.496. The highest BCUT2D eigenvalue weighted by atomic mass is 16.4. The molecule has 0 saturated carbocycles. The van der Waals surface area contributed by atoms with Crippen LogP contribution >= 0.6 is 0 Å². The third-order valence-electron chi connectivity index (χ3n) is 2.02. The molecule has 6 heteroatoms. The van der Waals surface area contributed by atoms with Gasteiger partial charge in [0.1, 0.15) is 0 Å². The van der Waals surface area contributed by atoms with Crippen molar-refractivity contribution in [3.63, 3.8) is 0 Å². The van der Waals surface area contributed by atoms with Gasteiger partial charge >= 0.3 is 5.97 Å². The first-order valence-electron chi connectivity index (χ1n) is 4.77. The SMILES string of the molecule is CNC(=O)CN(CCO)CC(C)C(=O)O. The van der Waals surface area contributed by atoms with E-state index in [0.717, 1.165) is 0 Å². The summed E-state index contributed by atoms with van der Waals surface area (Å²) < 4.78 is 0. The van der Waals surface area contributed by atoms with E-state index in [9.17, 15) is 9.59 Å². The number of likely N-dealkylation sites (N-methyl/N-ethyl adjacent to an activating group) is 1. The van der Waals surface area contributed by atoms with Crippen LogP contribution in [0.15, 0.2) is 0 Å². The maximum atomic E-state index is 11.1. The number of aliphatic hydroxyl groups is 1. The maximum Gasteiger partial charge on any atom is 0.307 e. The van der Waals surface area contributed by atoms with E-state index < -0.39 is 11.9 Å². The molecule has 0 spiro atoms. The number of rotatable bonds is 7. The summed E-state index contributed by atoms with van der Waals surface area (Å²) in [5, 5.41) is 19.9. The molecule has 88 valence electrons. The predicted octanol–water partition coefficient (Wildman–Crippen LogP) is -1.25. The molecule has 3 N–H and O–H groups in total. The number of aliphatic carboxylic acids is 1. The van der Waals surface area contributed by atoms with E-state index in [1.807, 2.05) is 0 Å². The number of carbonyl (C=O) groups excluding carboxylic acids is 1. The minimum atomic E-state index is -0.908.